The van der Waals surface area contributed by atoms with Gasteiger partial charge in [0.1, 0.15) is 5.75 Å². The predicted octanol–water partition coefficient (Wildman–Crippen LogP) is 5.17. The highest BCUT2D eigenvalue weighted by Gasteiger charge is 2.32. The molecule has 30 heavy (non-hydrogen) atoms. The summed E-state index contributed by atoms with van der Waals surface area (Å²) < 4.78 is 41.7. The van der Waals surface area contributed by atoms with Crippen molar-refractivity contribution in [2.24, 2.45) is 0 Å². The van der Waals surface area contributed by atoms with Crippen LogP contribution in [-0.4, -0.2) is 30.1 Å². The van der Waals surface area contributed by atoms with Crippen LogP contribution in [0.1, 0.15) is 25.6 Å². The molecule has 0 aliphatic carbocycles. The summed E-state index contributed by atoms with van der Waals surface area (Å²) in [4.78, 5) is 26.6. The molecule has 0 bridgehead atoms. The number of para-hydroxylation sites is 1. The van der Waals surface area contributed by atoms with Gasteiger partial charge in [0.15, 0.2) is 0 Å². The zero-order chi connectivity index (χ0) is 21.7. The van der Waals surface area contributed by atoms with Gasteiger partial charge in [-0.1, -0.05) is 24.3 Å². The van der Waals surface area contributed by atoms with Gasteiger partial charge >= 0.3 is 6.36 Å². The maximum atomic E-state index is 12.6. The van der Waals surface area contributed by atoms with Crippen molar-refractivity contribution < 1.29 is 27.5 Å². The molecule has 0 unspecified atom stereocenters. The Morgan fingerprint density at radius 2 is 1.73 bits per heavy atom. The zero-order valence-corrected chi connectivity index (χ0v) is 16.6. The molecule has 0 aliphatic rings. The molecular formula is C21H17F3N2O3S. The Morgan fingerprint density at radius 3 is 2.37 bits per heavy atom. The molecule has 2 amide bonds. The Hall–Kier alpha value is -3.33. The lowest BCUT2D eigenvalue weighted by Crippen LogP contribution is -2.27. The number of alkyl halides is 3. The Bertz CT molecular complexity index is 1020. The van der Waals surface area contributed by atoms with Crippen LogP contribution in [0.25, 0.3) is 0 Å². The summed E-state index contributed by atoms with van der Waals surface area (Å²) >= 11 is 1.31. The fraction of sp³-hybridized carbons (Fsp3) is 0.143. The maximum Gasteiger partial charge on any atom is 0.573 e. The van der Waals surface area contributed by atoms with E-state index in [1.807, 2.05) is 0 Å². The van der Waals surface area contributed by atoms with Crippen LogP contribution in [0.4, 0.5) is 18.9 Å². The molecule has 3 rings (SSSR count). The van der Waals surface area contributed by atoms with E-state index in [1.54, 1.807) is 47.8 Å². The van der Waals surface area contributed by atoms with E-state index >= 15 is 0 Å². The third-order valence-corrected chi connectivity index (χ3v) is 4.96. The Balaban J connectivity index is 1.66. The number of amides is 2. The number of rotatable bonds is 6. The van der Waals surface area contributed by atoms with Gasteiger partial charge in [0.25, 0.3) is 11.8 Å². The predicted molar refractivity (Wildman–Crippen MR) is 108 cm³/mol. The summed E-state index contributed by atoms with van der Waals surface area (Å²) in [6.45, 7) is -0.0675. The summed E-state index contributed by atoms with van der Waals surface area (Å²) in [6, 6.07) is 15.4. The minimum Gasteiger partial charge on any atom is -0.405 e. The third kappa shape index (κ3) is 5.60. The minimum atomic E-state index is -4.82. The average molecular weight is 434 g/mol. The summed E-state index contributed by atoms with van der Waals surface area (Å²) in [5.74, 6) is -0.980. The number of ether oxygens (including phenoxy) is 1. The Labute approximate surface area is 174 Å². The van der Waals surface area contributed by atoms with Crippen molar-refractivity contribution in [3.05, 3.63) is 82.0 Å². The zero-order valence-electron chi connectivity index (χ0n) is 15.8. The van der Waals surface area contributed by atoms with Crippen molar-refractivity contribution in [2.45, 2.75) is 12.9 Å². The minimum absolute atomic E-state index is 0.0675. The van der Waals surface area contributed by atoms with Crippen molar-refractivity contribution in [1.82, 2.24) is 4.90 Å². The van der Waals surface area contributed by atoms with E-state index < -0.39 is 6.36 Å². The molecule has 0 atom stereocenters. The van der Waals surface area contributed by atoms with E-state index in [1.165, 1.54) is 41.5 Å². The normalized spacial score (nSPS) is 11.1. The van der Waals surface area contributed by atoms with Gasteiger partial charge in [-0.15, -0.1) is 24.5 Å². The van der Waals surface area contributed by atoms with Gasteiger partial charge in [0, 0.05) is 30.4 Å². The number of carbonyl (C=O) groups is 2. The van der Waals surface area contributed by atoms with Gasteiger partial charge in [-0.25, -0.2) is 0 Å². The number of hydrogen-bond donors (Lipinski definition) is 1. The molecule has 5 nitrogen and oxygen atoms in total. The average Bonchev–Trinajstić information content (AvgIpc) is 3.23. The largest absolute Gasteiger partial charge is 0.573 e. The summed E-state index contributed by atoms with van der Waals surface area (Å²) in [7, 11) is 1.49. The van der Waals surface area contributed by atoms with Crippen LogP contribution in [0.15, 0.2) is 66.0 Å². The van der Waals surface area contributed by atoms with Crippen LogP contribution >= 0.6 is 11.3 Å². The van der Waals surface area contributed by atoms with Crippen LogP contribution in [0.5, 0.6) is 5.75 Å². The van der Waals surface area contributed by atoms with Crippen LogP contribution in [0.3, 0.4) is 0 Å². The number of nitrogens with zero attached hydrogens (tertiary/aromatic N) is 1. The first-order chi connectivity index (χ1) is 14.2. The first-order valence-electron chi connectivity index (χ1n) is 8.77. The number of benzene rings is 2. The molecule has 0 saturated carbocycles. The lowest BCUT2D eigenvalue weighted by Gasteiger charge is -2.20. The maximum absolute atomic E-state index is 12.6. The van der Waals surface area contributed by atoms with Crippen molar-refractivity contribution in [1.29, 1.82) is 0 Å². The molecule has 0 aliphatic heterocycles. The van der Waals surface area contributed by atoms with Crippen molar-refractivity contribution in [3.8, 4) is 5.75 Å². The molecule has 0 saturated heterocycles. The van der Waals surface area contributed by atoms with Gasteiger partial charge in [0.2, 0.25) is 0 Å². The molecular weight excluding hydrogens is 417 g/mol. The van der Waals surface area contributed by atoms with E-state index in [9.17, 15) is 22.8 Å². The number of carbonyl (C=O) groups excluding carboxylic acids is 2. The van der Waals surface area contributed by atoms with Crippen molar-refractivity contribution in [3.63, 3.8) is 0 Å². The molecule has 0 fully saturated rings. The molecule has 0 spiro atoms. The molecule has 156 valence electrons. The third-order valence-electron chi connectivity index (χ3n) is 4.09. The fourth-order valence-electron chi connectivity index (χ4n) is 2.70. The molecule has 9 heteroatoms. The SMILES string of the molecule is CN(Cc1ccccc1OC(F)(F)F)C(=O)c1ccc(NC(=O)c2cccs2)cc1. The monoisotopic (exact) mass is 434 g/mol. The van der Waals surface area contributed by atoms with E-state index in [2.05, 4.69) is 10.1 Å². The molecule has 0 radical (unpaired) electrons. The van der Waals surface area contributed by atoms with E-state index in [-0.39, 0.29) is 29.7 Å². The quantitative estimate of drug-likeness (QED) is 0.582. The van der Waals surface area contributed by atoms with E-state index in [0.717, 1.165) is 0 Å². The standard InChI is InChI=1S/C21H17F3N2O3S/c1-26(13-15-5-2-3-6-17(15)29-21(22,23)24)20(28)14-8-10-16(11-9-14)25-19(27)18-7-4-12-30-18/h2-12H,13H2,1H3,(H,25,27). The number of thiophene rings is 1. The number of nitrogens with one attached hydrogen (secondary N) is 1. The highest BCUT2D eigenvalue weighted by Crippen LogP contribution is 2.27. The fourth-order valence-corrected chi connectivity index (χ4v) is 3.32. The second kappa shape index (κ2) is 9.00. The van der Waals surface area contributed by atoms with Crippen LogP contribution in [-0.2, 0) is 6.54 Å². The van der Waals surface area contributed by atoms with Crippen molar-refractivity contribution >= 4 is 28.8 Å². The lowest BCUT2D eigenvalue weighted by atomic mass is 10.1. The van der Waals surface area contributed by atoms with Crippen LogP contribution in [0, 0.1) is 0 Å². The lowest BCUT2D eigenvalue weighted by molar-refractivity contribution is -0.275. The number of hydrogen-bond acceptors (Lipinski definition) is 4. The topological polar surface area (TPSA) is 58.6 Å². The van der Waals surface area contributed by atoms with Gasteiger partial charge in [-0.3, -0.25) is 9.59 Å². The Morgan fingerprint density at radius 1 is 1.03 bits per heavy atom. The number of anilines is 1. The molecule has 1 heterocycles. The summed E-state index contributed by atoms with van der Waals surface area (Å²) in [6.07, 6.45) is -4.82. The van der Waals surface area contributed by atoms with E-state index in [4.69, 9.17) is 0 Å². The molecule has 2 aromatic carbocycles. The van der Waals surface area contributed by atoms with Gasteiger partial charge < -0.3 is 15.0 Å². The Kier molecular flexibility index (Phi) is 6.41. The van der Waals surface area contributed by atoms with Gasteiger partial charge in [0.05, 0.1) is 4.88 Å². The highest BCUT2D eigenvalue weighted by atomic mass is 32.1. The number of halogens is 3. The van der Waals surface area contributed by atoms with Gasteiger partial charge in [-0.05, 0) is 41.8 Å². The highest BCUT2D eigenvalue weighted by molar-refractivity contribution is 7.12. The second-order valence-electron chi connectivity index (χ2n) is 6.33. The van der Waals surface area contributed by atoms with E-state index in [0.29, 0.717) is 16.1 Å². The van der Waals surface area contributed by atoms with Crippen LogP contribution in [0.2, 0.25) is 0 Å². The van der Waals surface area contributed by atoms with Crippen molar-refractivity contribution in [2.75, 3.05) is 12.4 Å². The first-order valence-corrected chi connectivity index (χ1v) is 9.65. The first kappa shape index (κ1) is 21.4. The second-order valence-corrected chi connectivity index (χ2v) is 7.27. The van der Waals surface area contributed by atoms with Crippen LogP contribution < -0.4 is 10.1 Å². The molecule has 1 aromatic heterocycles. The van der Waals surface area contributed by atoms with Gasteiger partial charge in [-0.2, -0.15) is 0 Å². The molecule has 1 N–H and O–H groups in total. The summed E-state index contributed by atoms with van der Waals surface area (Å²) in [5.41, 5.74) is 1.09. The molecule has 3 aromatic rings. The summed E-state index contributed by atoms with van der Waals surface area (Å²) in [5, 5.41) is 4.53. The smallest absolute Gasteiger partial charge is 0.405 e.